The van der Waals surface area contributed by atoms with Gasteiger partial charge in [-0.25, -0.2) is 4.98 Å². The van der Waals surface area contributed by atoms with Crippen LogP contribution in [-0.4, -0.2) is 45.9 Å². The molecule has 2 unspecified atom stereocenters. The van der Waals surface area contributed by atoms with E-state index in [0.29, 0.717) is 18.0 Å². The number of benzene rings is 1. The zero-order chi connectivity index (χ0) is 19.5. The Labute approximate surface area is 165 Å². The van der Waals surface area contributed by atoms with Gasteiger partial charge in [0.2, 0.25) is 5.91 Å². The van der Waals surface area contributed by atoms with Crippen molar-refractivity contribution in [3.63, 3.8) is 0 Å². The van der Waals surface area contributed by atoms with Gasteiger partial charge in [0, 0.05) is 56.0 Å². The molecule has 0 bridgehead atoms. The maximum absolute atomic E-state index is 13.1. The summed E-state index contributed by atoms with van der Waals surface area (Å²) >= 11 is 0. The third-order valence-corrected chi connectivity index (χ3v) is 6.06. The molecule has 1 N–H and O–H groups in total. The van der Waals surface area contributed by atoms with Crippen molar-refractivity contribution >= 4 is 11.8 Å². The molecule has 0 spiro atoms. The van der Waals surface area contributed by atoms with E-state index in [0.717, 1.165) is 51.1 Å². The highest BCUT2D eigenvalue weighted by molar-refractivity contribution is 5.94. The van der Waals surface area contributed by atoms with Crippen LogP contribution in [0.5, 0.6) is 0 Å². The molecule has 2 amide bonds. The molecule has 0 radical (unpaired) electrons. The minimum Gasteiger partial charge on any atom is -0.352 e. The van der Waals surface area contributed by atoms with Crippen LogP contribution in [0.4, 0.5) is 0 Å². The Morgan fingerprint density at radius 1 is 1.18 bits per heavy atom. The Hall–Kier alpha value is -2.63. The van der Waals surface area contributed by atoms with Gasteiger partial charge in [-0.05, 0) is 44.2 Å². The molecule has 0 aliphatic carbocycles. The number of hydrogen-bond acceptors (Lipinski definition) is 3. The number of carbonyl (C=O) groups is 2. The largest absolute Gasteiger partial charge is 0.352 e. The first kappa shape index (κ1) is 18.7. The Kier molecular flexibility index (Phi) is 5.46. The molecule has 148 valence electrons. The third kappa shape index (κ3) is 3.96. The maximum Gasteiger partial charge on any atom is 0.251 e. The SMILES string of the molecule is Cc1ncc2n1CCC(C(=O)N1CCCC(CNC(=O)c3ccccc3)C1)C2. The van der Waals surface area contributed by atoms with Crippen molar-refractivity contribution in [2.24, 2.45) is 11.8 Å². The summed E-state index contributed by atoms with van der Waals surface area (Å²) in [7, 11) is 0. The predicted octanol–water partition coefficient (Wildman–Crippen LogP) is 2.42. The first-order chi connectivity index (χ1) is 13.6. The molecule has 0 saturated carbocycles. The molecule has 2 atom stereocenters. The minimum absolute atomic E-state index is 0.0417. The molecule has 2 aliphatic heterocycles. The molecule has 1 saturated heterocycles. The van der Waals surface area contributed by atoms with Gasteiger partial charge in [-0.2, -0.15) is 0 Å². The fraction of sp³-hybridized carbons (Fsp3) is 0.500. The molecule has 1 fully saturated rings. The molecule has 4 rings (SSSR count). The quantitative estimate of drug-likeness (QED) is 0.886. The summed E-state index contributed by atoms with van der Waals surface area (Å²) in [6, 6.07) is 9.28. The lowest BCUT2D eigenvalue weighted by atomic mass is 9.91. The van der Waals surface area contributed by atoms with Crippen LogP contribution in [0.3, 0.4) is 0 Å². The lowest BCUT2D eigenvalue weighted by molar-refractivity contribution is -0.138. The van der Waals surface area contributed by atoms with E-state index < -0.39 is 0 Å². The number of piperidine rings is 1. The summed E-state index contributed by atoms with van der Waals surface area (Å²) in [5, 5.41) is 3.03. The predicted molar refractivity (Wildman–Crippen MR) is 107 cm³/mol. The molecule has 28 heavy (non-hydrogen) atoms. The van der Waals surface area contributed by atoms with Crippen LogP contribution in [0, 0.1) is 18.8 Å². The first-order valence-electron chi connectivity index (χ1n) is 10.2. The summed E-state index contributed by atoms with van der Waals surface area (Å²) in [6.07, 6.45) is 5.63. The number of fused-ring (bicyclic) bond motifs is 1. The number of likely N-dealkylation sites (tertiary alicyclic amines) is 1. The van der Waals surface area contributed by atoms with Crippen LogP contribution in [0.1, 0.15) is 41.1 Å². The Morgan fingerprint density at radius 3 is 2.82 bits per heavy atom. The number of rotatable bonds is 4. The molecular weight excluding hydrogens is 352 g/mol. The van der Waals surface area contributed by atoms with E-state index in [9.17, 15) is 9.59 Å². The van der Waals surface area contributed by atoms with Gasteiger partial charge in [0.1, 0.15) is 5.82 Å². The van der Waals surface area contributed by atoms with Crippen molar-refractivity contribution in [1.82, 2.24) is 19.8 Å². The van der Waals surface area contributed by atoms with Crippen LogP contribution >= 0.6 is 0 Å². The molecule has 6 nitrogen and oxygen atoms in total. The van der Waals surface area contributed by atoms with Gasteiger partial charge in [0.15, 0.2) is 0 Å². The normalized spacial score (nSPS) is 21.8. The van der Waals surface area contributed by atoms with Crippen molar-refractivity contribution in [2.45, 2.75) is 39.2 Å². The van der Waals surface area contributed by atoms with Gasteiger partial charge >= 0.3 is 0 Å². The number of nitrogens with zero attached hydrogens (tertiary/aromatic N) is 3. The van der Waals surface area contributed by atoms with Crippen LogP contribution in [0.25, 0.3) is 0 Å². The van der Waals surface area contributed by atoms with E-state index in [4.69, 9.17) is 0 Å². The number of imidazole rings is 1. The standard InChI is InChI=1S/C22H28N4O2/c1-16-23-14-20-12-19(9-11-26(16)20)22(28)25-10-5-6-17(15-25)13-24-21(27)18-7-3-2-4-8-18/h2-4,7-8,14,17,19H,5-6,9-13,15H2,1H3,(H,24,27). The second-order valence-corrected chi connectivity index (χ2v) is 8.01. The van der Waals surface area contributed by atoms with Crippen molar-refractivity contribution < 1.29 is 9.59 Å². The van der Waals surface area contributed by atoms with Gasteiger partial charge in [-0.1, -0.05) is 18.2 Å². The Balaban J connectivity index is 1.31. The zero-order valence-corrected chi connectivity index (χ0v) is 16.4. The van der Waals surface area contributed by atoms with Gasteiger partial charge in [-0.3, -0.25) is 9.59 Å². The number of carbonyl (C=O) groups excluding carboxylic acids is 2. The summed E-state index contributed by atoms with van der Waals surface area (Å²) in [5.41, 5.74) is 1.85. The van der Waals surface area contributed by atoms with Crippen LogP contribution < -0.4 is 5.32 Å². The molecule has 2 aliphatic rings. The van der Waals surface area contributed by atoms with Gasteiger partial charge in [-0.15, -0.1) is 0 Å². The lowest BCUT2D eigenvalue weighted by Gasteiger charge is -2.36. The Bertz CT molecular complexity index is 845. The van der Waals surface area contributed by atoms with E-state index in [1.54, 1.807) is 0 Å². The highest BCUT2D eigenvalue weighted by atomic mass is 16.2. The third-order valence-electron chi connectivity index (χ3n) is 6.06. The van der Waals surface area contributed by atoms with Gasteiger partial charge in [0.25, 0.3) is 5.91 Å². The Morgan fingerprint density at radius 2 is 2.00 bits per heavy atom. The maximum atomic E-state index is 13.1. The number of nitrogens with one attached hydrogen (secondary N) is 1. The van der Waals surface area contributed by atoms with E-state index >= 15 is 0 Å². The first-order valence-corrected chi connectivity index (χ1v) is 10.2. The van der Waals surface area contributed by atoms with E-state index in [-0.39, 0.29) is 17.7 Å². The van der Waals surface area contributed by atoms with Crippen molar-refractivity contribution in [2.75, 3.05) is 19.6 Å². The fourth-order valence-corrected chi connectivity index (χ4v) is 4.45. The monoisotopic (exact) mass is 380 g/mol. The smallest absolute Gasteiger partial charge is 0.251 e. The fourth-order valence-electron chi connectivity index (χ4n) is 4.45. The number of aromatic nitrogens is 2. The zero-order valence-electron chi connectivity index (χ0n) is 16.4. The summed E-state index contributed by atoms with van der Waals surface area (Å²) in [5.74, 6) is 1.64. The van der Waals surface area contributed by atoms with Crippen molar-refractivity contribution in [3.05, 3.63) is 53.6 Å². The summed E-state index contributed by atoms with van der Waals surface area (Å²) in [4.78, 5) is 31.8. The van der Waals surface area contributed by atoms with Crippen molar-refractivity contribution in [1.29, 1.82) is 0 Å². The highest BCUT2D eigenvalue weighted by Gasteiger charge is 2.32. The van der Waals surface area contributed by atoms with Crippen LogP contribution in [-0.2, 0) is 17.8 Å². The number of aryl methyl sites for hydroxylation is 1. The van der Waals surface area contributed by atoms with Gasteiger partial charge in [0.05, 0.1) is 0 Å². The van der Waals surface area contributed by atoms with Crippen LogP contribution in [0.2, 0.25) is 0 Å². The average Bonchev–Trinajstić information content (AvgIpc) is 3.12. The number of hydrogen-bond donors (Lipinski definition) is 1. The molecular formula is C22H28N4O2. The van der Waals surface area contributed by atoms with E-state index in [1.165, 1.54) is 5.69 Å². The highest BCUT2D eigenvalue weighted by Crippen LogP contribution is 2.26. The van der Waals surface area contributed by atoms with Gasteiger partial charge < -0.3 is 14.8 Å². The minimum atomic E-state index is -0.0417. The van der Waals surface area contributed by atoms with Crippen LogP contribution in [0.15, 0.2) is 36.5 Å². The summed E-state index contributed by atoms with van der Waals surface area (Å²) < 4.78 is 2.22. The summed E-state index contributed by atoms with van der Waals surface area (Å²) in [6.45, 7) is 5.08. The molecule has 1 aromatic heterocycles. The average molecular weight is 380 g/mol. The molecule has 1 aromatic carbocycles. The van der Waals surface area contributed by atoms with E-state index in [2.05, 4.69) is 14.9 Å². The number of amides is 2. The molecule has 2 aromatic rings. The molecule has 3 heterocycles. The second-order valence-electron chi connectivity index (χ2n) is 8.01. The lowest BCUT2D eigenvalue weighted by Crippen LogP contribution is -2.47. The van der Waals surface area contributed by atoms with Crippen molar-refractivity contribution in [3.8, 4) is 0 Å². The topological polar surface area (TPSA) is 67.2 Å². The molecule has 6 heteroatoms. The van der Waals surface area contributed by atoms with E-state index in [1.807, 2.05) is 48.4 Å². The second kappa shape index (κ2) is 8.17.